The summed E-state index contributed by atoms with van der Waals surface area (Å²) in [5.74, 6) is 0.438. The lowest BCUT2D eigenvalue weighted by atomic mass is 9.85. The van der Waals surface area contributed by atoms with E-state index < -0.39 is 23.5 Å². The van der Waals surface area contributed by atoms with E-state index in [1.807, 2.05) is 17.1 Å². The SMILES string of the molecule is FC(F)(F)c1cc(CN2CCC3CC=CC=C3C2)cc(C(F)(F)F)c1. The first-order valence-electron chi connectivity index (χ1n) is 7.99. The second kappa shape index (κ2) is 6.52. The molecule has 0 spiro atoms. The van der Waals surface area contributed by atoms with Gasteiger partial charge in [0.1, 0.15) is 0 Å². The first-order chi connectivity index (χ1) is 11.6. The van der Waals surface area contributed by atoms with E-state index >= 15 is 0 Å². The molecule has 0 aromatic heterocycles. The van der Waals surface area contributed by atoms with Gasteiger partial charge in [-0.1, -0.05) is 23.8 Å². The molecule has 0 N–H and O–H groups in total. The highest BCUT2D eigenvalue weighted by Gasteiger charge is 2.37. The quantitative estimate of drug-likeness (QED) is 0.635. The Bertz CT molecular complexity index is 666. The number of nitrogens with zero attached hydrogens (tertiary/aromatic N) is 1. The zero-order valence-electron chi connectivity index (χ0n) is 13.3. The fourth-order valence-corrected chi connectivity index (χ4v) is 3.39. The summed E-state index contributed by atoms with van der Waals surface area (Å²) in [7, 11) is 0. The molecule has 0 saturated carbocycles. The van der Waals surface area contributed by atoms with Gasteiger partial charge in [0.25, 0.3) is 0 Å². The molecule has 1 aliphatic heterocycles. The number of hydrogen-bond acceptors (Lipinski definition) is 1. The number of alkyl halides is 6. The predicted octanol–water partition coefficient (Wildman–Crippen LogP) is 5.43. The van der Waals surface area contributed by atoms with E-state index in [4.69, 9.17) is 0 Å². The number of allylic oxidation sites excluding steroid dienone is 3. The second-order valence-corrected chi connectivity index (χ2v) is 6.52. The van der Waals surface area contributed by atoms with E-state index in [0.717, 1.165) is 25.0 Å². The molecule has 1 aromatic carbocycles. The van der Waals surface area contributed by atoms with Gasteiger partial charge >= 0.3 is 12.4 Å². The summed E-state index contributed by atoms with van der Waals surface area (Å²) in [4.78, 5) is 1.90. The fraction of sp³-hybridized carbons (Fsp3) is 0.444. The predicted molar refractivity (Wildman–Crippen MR) is 81.7 cm³/mol. The van der Waals surface area contributed by atoms with Crippen molar-refractivity contribution in [2.45, 2.75) is 31.7 Å². The minimum absolute atomic E-state index is 0.0348. The average Bonchev–Trinajstić information content (AvgIpc) is 2.53. The van der Waals surface area contributed by atoms with Crippen LogP contribution in [0.15, 0.2) is 42.0 Å². The van der Waals surface area contributed by atoms with Crippen LogP contribution in [0.3, 0.4) is 0 Å². The molecule has 7 heteroatoms. The Labute approximate surface area is 141 Å². The maximum Gasteiger partial charge on any atom is 0.416 e. The molecule has 136 valence electrons. The largest absolute Gasteiger partial charge is 0.416 e. The Kier molecular flexibility index (Phi) is 4.70. The van der Waals surface area contributed by atoms with Crippen LogP contribution < -0.4 is 0 Å². The Balaban J connectivity index is 1.84. The van der Waals surface area contributed by atoms with E-state index in [2.05, 4.69) is 6.08 Å². The van der Waals surface area contributed by atoms with Crippen LogP contribution >= 0.6 is 0 Å². The Morgan fingerprint density at radius 1 is 0.960 bits per heavy atom. The number of hydrogen-bond donors (Lipinski definition) is 0. The molecule has 1 aromatic rings. The molecule has 3 rings (SSSR count). The summed E-state index contributed by atoms with van der Waals surface area (Å²) in [5.41, 5.74) is -1.29. The van der Waals surface area contributed by atoms with Gasteiger partial charge < -0.3 is 0 Å². The van der Waals surface area contributed by atoms with Crippen LogP contribution in [-0.2, 0) is 18.9 Å². The minimum Gasteiger partial charge on any atom is -0.295 e. The molecule has 0 radical (unpaired) electrons. The van der Waals surface area contributed by atoms with Gasteiger partial charge in [-0.25, -0.2) is 0 Å². The van der Waals surface area contributed by atoms with Crippen molar-refractivity contribution in [1.29, 1.82) is 0 Å². The zero-order valence-corrected chi connectivity index (χ0v) is 13.3. The summed E-state index contributed by atoms with van der Waals surface area (Å²) in [6.07, 6.45) is -1.79. The van der Waals surface area contributed by atoms with Gasteiger partial charge in [-0.15, -0.1) is 0 Å². The van der Waals surface area contributed by atoms with Crippen LogP contribution in [0.4, 0.5) is 26.3 Å². The van der Waals surface area contributed by atoms with Crippen molar-refractivity contribution in [2.24, 2.45) is 5.92 Å². The summed E-state index contributed by atoms with van der Waals surface area (Å²) in [6, 6.07) is 1.80. The van der Waals surface area contributed by atoms with Crippen LogP contribution in [0, 0.1) is 5.92 Å². The molecule has 0 amide bonds. The average molecular weight is 361 g/mol. The summed E-state index contributed by atoms with van der Waals surface area (Å²) < 4.78 is 77.6. The second-order valence-electron chi connectivity index (χ2n) is 6.52. The lowest BCUT2D eigenvalue weighted by molar-refractivity contribution is -0.143. The maximum atomic E-state index is 12.9. The van der Waals surface area contributed by atoms with Crippen LogP contribution in [0.25, 0.3) is 0 Å². The molecule has 2 aliphatic rings. The smallest absolute Gasteiger partial charge is 0.295 e. The van der Waals surface area contributed by atoms with Crippen molar-refractivity contribution in [3.63, 3.8) is 0 Å². The number of likely N-dealkylation sites (tertiary alicyclic amines) is 1. The molecule has 1 nitrogen and oxygen atoms in total. The van der Waals surface area contributed by atoms with Gasteiger partial charge in [-0.05, 0) is 49.1 Å². The van der Waals surface area contributed by atoms with Crippen molar-refractivity contribution in [2.75, 3.05) is 13.1 Å². The van der Waals surface area contributed by atoms with Crippen molar-refractivity contribution in [3.8, 4) is 0 Å². The van der Waals surface area contributed by atoms with Gasteiger partial charge in [-0.2, -0.15) is 26.3 Å². The highest BCUT2D eigenvalue weighted by atomic mass is 19.4. The third-order valence-electron chi connectivity index (χ3n) is 4.64. The van der Waals surface area contributed by atoms with Gasteiger partial charge in [0.15, 0.2) is 0 Å². The van der Waals surface area contributed by atoms with Crippen molar-refractivity contribution < 1.29 is 26.3 Å². The van der Waals surface area contributed by atoms with Crippen LogP contribution in [0.2, 0.25) is 0 Å². The molecule has 1 aliphatic carbocycles. The van der Waals surface area contributed by atoms with Crippen molar-refractivity contribution in [1.82, 2.24) is 4.90 Å². The molecule has 1 unspecified atom stereocenters. The van der Waals surface area contributed by atoms with Gasteiger partial charge in [-0.3, -0.25) is 4.90 Å². The molecular weight excluding hydrogens is 344 g/mol. The molecule has 1 saturated heterocycles. The van der Waals surface area contributed by atoms with Crippen LogP contribution in [0.5, 0.6) is 0 Å². The highest BCUT2D eigenvalue weighted by molar-refractivity contribution is 5.34. The number of rotatable bonds is 2. The monoisotopic (exact) mass is 361 g/mol. The maximum absolute atomic E-state index is 12.9. The molecule has 1 fully saturated rings. The van der Waals surface area contributed by atoms with E-state index in [1.54, 1.807) is 0 Å². The van der Waals surface area contributed by atoms with Gasteiger partial charge in [0.2, 0.25) is 0 Å². The van der Waals surface area contributed by atoms with Gasteiger partial charge in [0.05, 0.1) is 11.1 Å². The Hall–Kier alpha value is -1.76. The highest BCUT2D eigenvalue weighted by Crippen LogP contribution is 2.37. The standard InChI is InChI=1S/C18H17F6N/c19-17(20,21)15-7-12(8-16(9-15)18(22,23)24)10-25-6-5-13-3-1-2-4-14(13)11-25/h1-2,4,7-9,13H,3,5-6,10-11H2. The minimum atomic E-state index is -4.81. The number of halogens is 6. The van der Waals surface area contributed by atoms with E-state index in [0.29, 0.717) is 19.0 Å². The summed E-state index contributed by atoms with van der Waals surface area (Å²) in [5, 5.41) is 0. The van der Waals surface area contributed by atoms with Gasteiger partial charge in [0, 0.05) is 13.1 Å². The third kappa shape index (κ3) is 4.26. The molecule has 0 bridgehead atoms. The first kappa shape index (κ1) is 18.0. The topological polar surface area (TPSA) is 3.24 Å². The fourth-order valence-electron chi connectivity index (χ4n) is 3.39. The van der Waals surface area contributed by atoms with E-state index in [1.165, 1.54) is 5.57 Å². The Morgan fingerprint density at radius 2 is 1.60 bits per heavy atom. The molecule has 25 heavy (non-hydrogen) atoms. The van der Waals surface area contributed by atoms with Crippen LogP contribution in [-0.4, -0.2) is 18.0 Å². The molecular formula is C18H17F6N. The summed E-state index contributed by atoms with van der Waals surface area (Å²) >= 11 is 0. The van der Waals surface area contributed by atoms with E-state index in [9.17, 15) is 26.3 Å². The zero-order chi connectivity index (χ0) is 18.2. The van der Waals surface area contributed by atoms with Crippen molar-refractivity contribution in [3.05, 3.63) is 58.7 Å². The lowest BCUT2D eigenvalue weighted by Gasteiger charge is -2.35. The summed E-state index contributed by atoms with van der Waals surface area (Å²) in [6.45, 7) is 1.31. The molecule has 1 atom stereocenters. The Morgan fingerprint density at radius 3 is 2.20 bits per heavy atom. The molecule has 1 heterocycles. The number of benzene rings is 1. The van der Waals surface area contributed by atoms with Crippen molar-refractivity contribution >= 4 is 0 Å². The number of piperidine rings is 1. The van der Waals surface area contributed by atoms with Crippen LogP contribution in [0.1, 0.15) is 29.5 Å². The van der Waals surface area contributed by atoms with E-state index in [-0.39, 0.29) is 18.2 Å². The normalized spacial score (nSPS) is 21.8. The third-order valence-corrected chi connectivity index (χ3v) is 4.64. The lowest BCUT2D eigenvalue weighted by Crippen LogP contribution is -2.35. The first-order valence-corrected chi connectivity index (χ1v) is 7.99. The number of fused-ring (bicyclic) bond motifs is 1.